The normalized spacial score (nSPS) is 15.6. The van der Waals surface area contributed by atoms with E-state index in [1.54, 1.807) is 5.56 Å². The van der Waals surface area contributed by atoms with Crippen molar-refractivity contribution in [3.8, 4) is 0 Å². The summed E-state index contributed by atoms with van der Waals surface area (Å²) in [6.07, 6.45) is 2.76. The first-order valence-electron chi connectivity index (χ1n) is 8.14. The maximum atomic E-state index is 3.62. The lowest BCUT2D eigenvalue weighted by Gasteiger charge is -2.30. The van der Waals surface area contributed by atoms with E-state index in [4.69, 9.17) is 0 Å². The van der Waals surface area contributed by atoms with Gasteiger partial charge >= 0.3 is 0 Å². The number of nitrogens with zero attached hydrogens (tertiary/aromatic N) is 1. The molecule has 0 heterocycles. The van der Waals surface area contributed by atoms with Gasteiger partial charge in [-0.15, -0.1) is 0 Å². The van der Waals surface area contributed by atoms with Crippen LogP contribution in [0.25, 0.3) is 0 Å². The van der Waals surface area contributed by atoms with Crippen molar-refractivity contribution in [2.75, 3.05) is 13.1 Å². The molecular weight excluding hydrogens is 244 g/mol. The minimum absolute atomic E-state index is 0.621. The molecule has 0 bridgehead atoms. The van der Waals surface area contributed by atoms with Crippen LogP contribution in [0.3, 0.4) is 0 Å². The number of benzene rings is 1. The van der Waals surface area contributed by atoms with Crippen LogP contribution in [0.4, 0.5) is 0 Å². The van der Waals surface area contributed by atoms with Gasteiger partial charge in [0.2, 0.25) is 0 Å². The number of rotatable bonds is 8. The van der Waals surface area contributed by atoms with Gasteiger partial charge in [-0.3, -0.25) is 4.90 Å². The van der Waals surface area contributed by atoms with Crippen molar-refractivity contribution >= 4 is 0 Å². The van der Waals surface area contributed by atoms with Crippen molar-refractivity contribution in [1.82, 2.24) is 10.2 Å². The van der Waals surface area contributed by atoms with Crippen LogP contribution in [0.2, 0.25) is 0 Å². The van der Waals surface area contributed by atoms with Crippen molar-refractivity contribution < 1.29 is 0 Å². The second-order valence-electron chi connectivity index (χ2n) is 6.58. The minimum atomic E-state index is 0.621. The molecule has 0 amide bonds. The summed E-state index contributed by atoms with van der Waals surface area (Å²) in [5, 5.41) is 3.62. The van der Waals surface area contributed by atoms with Gasteiger partial charge in [-0.1, -0.05) is 24.3 Å². The predicted octanol–water partition coefficient (Wildman–Crippen LogP) is 3.77. The first-order chi connectivity index (χ1) is 9.59. The maximum Gasteiger partial charge on any atom is 0.0208 e. The van der Waals surface area contributed by atoms with Crippen LogP contribution in [-0.2, 0) is 6.54 Å². The van der Waals surface area contributed by atoms with Crippen molar-refractivity contribution in [3.05, 3.63) is 35.4 Å². The fourth-order valence-electron chi connectivity index (χ4n) is 3.03. The highest BCUT2D eigenvalue weighted by Crippen LogP contribution is 2.41. The molecule has 0 spiro atoms. The fourth-order valence-corrected chi connectivity index (χ4v) is 3.03. The molecule has 0 radical (unpaired) electrons. The van der Waals surface area contributed by atoms with Crippen LogP contribution in [-0.4, -0.2) is 30.1 Å². The molecule has 2 nitrogen and oxygen atoms in total. The summed E-state index contributed by atoms with van der Waals surface area (Å²) in [7, 11) is 0. The highest BCUT2D eigenvalue weighted by molar-refractivity contribution is 5.33. The van der Waals surface area contributed by atoms with Crippen LogP contribution >= 0.6 is 0 Å². The number of hydrogen-bond donors (Lipinski definition) is 1. The van der Waals surface area contributed by atoms with Crippen LogP contribution < -0.4 is 5.32 Å². The van der Waals surface area contributed by atoms with E-state index in [9.17, 15) is 0 Å². The van der Waals surface area contributed by atoms with E-state index in [2.05, 4.69) is 62.2 Å². The van der Waals surface area contributed by atoms with E-state index in [-0.39, 0.29) is 0 Å². The quantitative estimate of drug-likeness (QED) is 0.726. The summed E-state index contributed by atoms with van der Waals surface area (Å²) in [5.41, 5.74) is 3.07. The van der Waals surface area contributed by atoms with Gasteiger partial charge < -0.3 is 5.32 Å². The summed E-state index contributed by atoms with van der Waals surface area (Å²) in [6.45, 7) is 12.3. The fraction of sp³-hybridized carbons (Fsp3) is 0.667. The Kier molecular flexibility index (Phi) is 5.62. The van der Waals surface area contributed by atoms with E-state index in [1.165, 1.54) is 18.4 Å². The maximum absolute atomic E-state index is 3.62. The molecule has 0 saturated heterocycles. The lowest BCUT2D eigenvalue weighted by atomic mass is 10.0. The van der Waals surface area contributed by atoms with Crippen molar-refractivity contribution in [2.45, 2.75) is 65.1 Å². The Morgan fingerprint density at radius 2 is 1.75 bits per heavy atom. The molecule has 0 aliphatic heterocycles. The highest BCUT2D eigenvalue weighted by Gasteiger charge is 2.25. The van der Waals surface area contributed by atoms with E-state index >= 15 is 0 Å². The van der Waals surface area contributed by atoms with Gasteiger partial charge in [-0.05, 0) is 57.6 Å². The molecule has 0 unspecified atom stereocenters. The average Bonchev–Trinajstić information content (AvgIpc) is 3.22. The Balaban J connectivity index is 1.78. The lowest BCUT2D eigenvalue weighted by molar-refractivity contribution is 0.176. The standard InChI is InChI=1S/C18H30N2/c1-14(2)20(15(3)4)12-11-19-13-17-7-5-6-8-18(17)16-9-10-16/h5-8,14-16,19H,9-13H2,1-4H3. The Bertz CT molecular complexity index is 400. The van der Waals surface area contributed by atoms with Gasteiger partial charge in [0.05, 0.1) is 0 Å². The Morgan fingerprint density at radius 3 is 2.35 bits per heavy atom. The third kappa shape index (κ3) is 4.32. The van der Waals surface area contributed by atoms with Gasteiger partial charge in [0, 0.05) is 31.7 Å². The molecule has 1 aromatic carbocycles. The van der Waals surface area contributed by atoms with Gasteiger partial charge in [0.1, 0.15) is 0 Å². The van der Waals surface area contributed by atoms with Gasteiger partial charge in [0.25, 0.3) is 0 Å². The second-order valence-corrected chi connectivity index (χ2v) is 6.58. The summed E-state index contributed by atoms with van der Waals surface area (Å²) >= 11 is 0. The molecule has 0 aromatic heterocycles. The molecule has 1 N–H and O–H groups in total. The third-order valence-corrected chi connectivity index (χ3v) is 4.26. The van der Waals surface area contributed by atoms with Crippen LogP contribution in [0, 0.1) is 0 Å². The van der Waals surface area contributed by atoms with Crippen molar-refractivity contribution in [2.24, 2.45) is 0 Å². The Hall–Kier alpha value is -0.860. The lowest BCUT2D eigenvalue weighted by Crippen LogP contribution is -2.41. The van der Waals surface area contributed by atoms with Gasteiger partial charge in [-0.25, -0.2) is 0 Å². The van der Waals surface area contributed by atoms with Crippen LogP contribution in [0.5, 0.6) is 0 Å². The molecule has 1 aromatic rings. The molecule has 1 aliphatic rings. The average molecular weight is 274 g/mol. The zero-order chi connectivity index (χ0) is 14.5. The summed E-state index contributed by atoms with van der Waals surface area (Å²) in [4.78, 5) is 2.54. The molecule has 1 aliphatic carbocycles. The third-order valence-electron chi connectivity index (χ3n) is 4.26. The molecule has 2 heteroatoms. The van der Waals surface area contributed by atoms with E-state index in [0.29, 0.717) is 12.1 Å². The molecule has 20 heavy (non-hydrogen) atoms. The topological polar surface area (TPSA) is 15.3 Å². The predicted molar refractivity (Wildman–Crippen MR) is 87.1 cm³/mol. The van der Waals surface area contributed by atoms with E-state index in [1.807, 2.05) is 0 Å². The highest BCUT2D eigenvalue weighted by atomic mass is 15.2. The zero-order valence-electron chi connectivity index (χ0n) is 13.5. The summed E-state index contributed by atoms with van der Waals surface area (Å²) in [5.74, 6) is 0.843. The largest absolute Gasteiger partial charge is 0.311 e. The van der Waals surface area contributed by atoms with Gasteiger partial charge in [0.15, 0.2) is 0 Å². The second kappa shape index (κ2) is 7.24. The smallest absolute Gasteiger partial charge is 0.0208 e. The summed E-state index contributed by atoms with van der Waals surface area (Å²) in [6, 6.07) is 10.2. The molecule has 1 fully saturated rings. The molecule has 0 atom stereocenters. The Labute approximate surface area is 124 Å². The molecule has 112 valence electrons. The number of hydrogen-bond acceptors (Lipinski definition) is 2. The van der Waals surface area contributed by atoms with E-state index in [0.717, 1.165) is 25.6 Å². The summed E-state index contributed by atoms with van der Waals surface area (Å²) < 4.78 is 0. The zero-order valence-corrected chi connectivity index (χ0v) is 13.5. The van der Waals surface area contributed by atoms with Crippen LogP contribution in [0.1, 0.15) is 57.6 Å². The van der Waals surface area contributed by atoms with Crippen LogP contribution in [0.15, 0.2) is 24.3 Å². The first-order valence-corrected chi connectivity index (χ1v) is 8.14. The van der Waals surface area contributed by atoms with E-state index < -0.39 is 0 Å². The molecule has 1 saturated carbocycles. The van der Waals surface area contributed by atoms with Crippen molar-refractivity contribution in [1.29, 1.82) is 0 Å². The van der Waals surface area contributed by atoms with Crippen molar-refractivity contribution in [3.63, 3.8) is 0 Å². The molecule has 2 rings (SSSR count). The van der Waals surface area contributed by atoms with Gasteiger partial charge in [-0.2, -0.15) is 0 Å². The minimum Gasteiger partial charge on any atom is -0.311 e. The SMILES string of the molecule is CC(C)N(CCNCc1ccccc1C1CC1)C(C)C. The molecular formula is C18H30N2. The Morgan fingerprint density at radius 1 is 1.10 bits per heavy atom. The first kappa shape index (κ1) is 15.5. The number of nitrogens with one attached hydrogen (secondary N) is 1. The monoisotopic (exact) mass is 274 g/mol.